The normalized spacial score (nSPS) is 21.7. The highest BCUT2D eigenvalue weighted by Gasteiger charge is 2.34. The van der Waals surface area contributed by atoms with Crippen molar-refractivity contribution >= 4 is 15.9 Å². The molecule has 29 heavy (non-hydrogen) atoms. The van der Waals surface area contributed by atoms with E-state index in [0.717, 1.165) is 38.0 Å². The zero-order valence-electron chi connectivity index (χ0n) is 17.1. The molecular formula is C21H30N4O3S. The molecule has 2 aliphatic heterocycles. The highest BCUT2D eigenvalue weighted by Crippen LogP contribution is 2.22. The molecule has 2 aliphatic rings. The van der Waals surface area contributed by atoms with Gasteiger partial charge in [0.1, 0.15) is 0 Å². The van der Waals surface area contributed by atoms with Crippen molar-refractivity contribution in [2.75, 3.05) is 45.0 Å². The molecule has 0 saturated carbocycles. The third kappa shape index (κ3) is 5.56. The third-order valence-corrected chi connectivity index (χ3v) is 7.80. The van der Waals surface area contributed by atoms with Crippen molar-refractivity contribution in [1.29, 1.82) is 5.26 Å². The molecule has 0 spiro atoms. The fraction of sp³-hybridized carbons (Fsp3) is 0.619. The molecule has 1 atom stereocenters. The Bertz CT molecular complexity index is 840. The molecule has 0 aromatic heterocycles. The van der Waals surface area contributed by atoms with Crippen molar-refractivity contribution in [3.63, 3.8) is 0 Å². The van der Waals surface area contributed by atoms with Gasteiger partial charge in [0.2, 0.25) is 15.9 Å². The summed E-state index contributed by atoms with van der Waals surface area (Å²) in [5.41, 5.74) is 1.82. The molecule has 1 amide bonds. The molecule has 3 rings (SSSR count). The Labute approximate surface area is 173 Å². The molecule has 2 saturated heterocycles. The van der Waals surface area contributed by atoms with Gasteiger partial charge in [-0.05, 0) is 37.0 Å². The number of nitrogens with zero attached hydrogens (tertiary/aromatic N) is 4. The molecule has 0 N–H and O–H groups in total. The summed E-state index contributed by atoms with van der Waals surface area (Å²) in [6.45, 7) is 6.48. The largest absolute Gasteiger partial charge is 0.340 e. The maximum atomic E-state index is 13.0. The van der Waals surface area contributed by atoms with E-state index in [1.165, 1.54) is 4.31 Å². The van der Waals surface area contributed by atoms with E-state index in [4.69, 9.17) is 5.26 Å². The molecule has 158 valence electrons. The summed E-state index contributed by atoms with van der Waals surface area (Å²) in [5, 5.41) is 8.89. The minimum absolute atomic E-state index is 0.0967. The summed E-state index contributed by atoms with van der Waals surface area (Å²) in [4.78, 5) is 17.2. The Kier molecular flexibility index (Phi) is 7.28. The van der Waals surface area contributed by atoms with Crippen molar-refractivity contribution in [3.05, 3.63) is 35.4 Å². The first kappa shape index (κ1) is 21.8. The first-order chi connectivity index (χ1) is 13.9. The second-order valence-corrected chi connectivity index (χ2v) is 10.0. The molecule has 0 radical (unpaired) electrons. The number of carbonyl (C=O) groups is 1. The number of hydrogen-bond donors (Lipinski definition) is 0. The maximum Gasteiger partial charge on any atom is 0.227 e. The van der Waals surface area contributed by atoms with Crippen molar-refractivity contribution in [3.8, 4) is 6.07 Å². The van der Waals surface area contributed by atoms with Gasteiger partial charge in [0.05, 0.1) is 23.3 Å². The molecule has 2 heterocycles. The Hall–Kier alpha value is -1.95. The zero-order valence-corrected chi connectivity index (χ0v) is 17.9. The number of sulfonamides is 1. The molecule has 2 fully saturated rings. The first-order valence-electron chi connectivity index (χ1n) is 10.4. The number of hydrogen-bond acceptors (Lipinski definition) is 5. The number of nitriles is 1. The van der Waals surface area contributed by atoms with Gasteiger partial charge in [0.15, 0.2) is 0 Å². The van der Waals surface area contributed by atoms with Crippen molar-refractivity contribution in [1.82, 2.24) is 14.1 Å². The standard InChI is InChI=1S/C21H30N4O3S/c1-2-14-29(27,28)25-9-3-4-20(17-25)21(26)24-12-10-23(11-13-24)16-19-7-5-18(15-22)6-8-19/h5-8,20H,2-4,9-14,16-17H2,1H3/t20-/m1/s1. The SMILES string of the molecule is CCCS(=O)(=O)N1CCC[C@@H](C(=O)N2CCN(Cc3ccc(C#N)cc3)CC2)C1. The van der Waals surface area contributed by atoms with Crippen LogP contribution in [-0.4, -0.2) is 73.5 Å². The van der Waals surface area contributed by atoms with Crippen LogP contribution in [0.1, 0.15) is 37.3 Å². The van der Waals surface area contributed by atoms with E-state index in [9.17, 15) is 13.2 Å². The predicted octanol–water partition coefficient (Wildman–Crippen LogP) is 1.65. The lowest BCUT2D eigenvalue weighted by molar-refractivity contribution is -0.138. The van der Waals surface area contributed by atoms with E-state index in [1.807, 2.05) is 36.1 Å². The highest BCUT2D eigenvalue weighted by atomic mass is 32.2. The smallest absolute Gasteiger partial charge is 0.227 e. The number of carbonyl (C=O) groups excluding carboxylic acids is 1. The average molecular weight is 419 g/mol. The Balaban J connectivity index is 1.51. The van der Waals surface area contributed by atoms with Gasteiger partial charge in [-0.25, -0.2) is 12.7 Å². The van der Waals surface area contributed by atoms with Crippen LogP contribution < -0.4 is 0 Å². The van der Waals surface area contributed by atoms with Crippen molar-refractivity contribution in [2.24, 2.45) is 5.92 Å². The molecule has 8 heteroatoms. The summed E-state index contributed by atoms with van der Waals surface area (Å²) in [6, 6.07) is 9.74. The Morgan fingerprint density at radius 2 is 1.83 bits per heavy atom. The minimum Gasteiger partial charge on any atom is -0.340 e. The second kappa shape index (κ2) is 9.70. The quantitative estimate of drug-likeness (QED) is 0.701. The van der Waals surface area contributed by atoms with E-state index < -0.39 is 10.0 Å². The summed E-state index contributed by atoms with van der Waals surface area (Å²) in [5.74, 6) is 0.0296. The molecular weight excluding hydrogens is 388 g/mol. The van der Waals surface area contributed by atoms with Gasteiger partial charge in [-0.3, -0.25) is 9.69 Å². The Morgan fingerprint density at radius 1 is 1.14 bits per heavy atom. The second-order valence-electron chi connectivity index (χ2n) is 7.92. The summed E-state index contributed by atoms with van der Waals surface area (Å²) >= 11 is 0. The third-order valence-electron chi connectivity index (χ3n) is 5.76. The maximum absolute atomic E-state index is 13.0. The first-order valence-corrected chi connectivity index (χ1v) is 12.0. The summed E-state index contributed by atoms with van der Waals surface area (Å²) < 4.78 is 26.2. The predicted molar refractivity (Wildman–Crippen MR) is 111 cm³/mol. The van der Waals surface area contributed by atoms with Gasteiger partial charge in [-0.15, -0.1) is 0 Å². The summed E-state index contributed by atoms with van der Waals surface area (Å²) in [6.07, 6.45) is 2.11. The van der Waals surface area contributed by atoms with Crippen LogP contribution in [0.15, 0.2) is 24.3 Å². The number of benzene rings is 1. The fourth-order valence-corrected chi connectivity index (χ4v) is 5.70. The molecule has 0 unspecified atom stereocenters. The van der Waals surface area contributed by atoms with Crippen molar-refractivity contribution in [2.45, 2.75) is 32.7 Å². The van der Waals surface area contributed by atoms with E-state index in [1.54, 1.807) is 0 Å². The number of amides is 1. The van der Waals surface area contributed by atoms with Gasteiger partial charge in [-0.2, -0.15) is 5.26 Å². The number of rotatable bonds is 6. The van der Waals surface area contributed by atoms with Crippen molar-refractivity contribution < 1.29 is 13.2 Å². The van der Waals surface area contributed by atoms with Gasteiger partial charge >= 0.3 is 0 Å². The average Bonchev–Trinajstić information content (AvgIpc) is 2.74. The number of piperidine rings is 1. The minimum atomic E-state index is -3.24. The van der Waals surface area contributed by atoms with Crippen LogP contribution in [0.3, 0.4) is 0 Å². The monoisotopic (exact) mass is 418 g/mol. The van der Waals surface area contributed by atoms with E-state index in [2.05, 4.69) is 11.0 Å². The van der Waals surface area contributed by atoms with E-state index in [-0.39, 0.29) is 17.6 Å². The van der Waals surface area contributed by atoms with Crippen LogP contribution in [0.5, 0.6) is 0 Å². The lowest BCUT2D eigenvalue weighted by atomic mass is 9.97. The van der Waals surface area contributed by atoms with Crippen LogP contribution in [0.2, 0.25) is 0 Å². The lowest BCUT2D eigenvalue weighted by Gasteiger charge is -2.38. The van der Waals surface area contributed by atoms with Crippen LogP contribution in [0.25, 0.3) is 0 Å². The zero-order chi connectivity index (χ0) is 20.9. The molecule has 0 aliphatic carbocycles. The fourth-order valence-electron chi connectivity index (χ4n) is 4.11. The van der Waals surface area contributed by atoms with Crippen LogP contribution in [0.4, 0.5) is 0 Å². The van der Waals surface area contributed by atoms with Gasteiger partial charge in [0, 0.05) is 45.8 Å². The van der Waals surface area contributed by atoms with Crippen LogP contribution in [0, 0.1) is 17.2 Å². The Morgan fingerprint density at radius 3 is 2.45 bits per heavy atom. The molecule has 1 aromatic rings. The molecule has 7 nitrogen and oxygen atoms in total. The topological polar surface area (TPSA) is 84.7 Å². The number of piperazine rings is 1. The van der Waals surface area contributed by atoms with Gasteiger partial charge in [0.25, 0.3) is 0 Å². The van der Waals surface area contributed by atoms with Crippen LogP contribution >= 0.6 is 0 Å². The lowest BCUT2D eigenvalue weighted by Crippen LogP contribution is -2.52. The van der Waals surface area contributed by atoms with Gasteiger partial charge < -0.3 is 4.90 Å². The summed E-state index contributed by atoms with van der Waals surface area (Å²) in [7, 11) is -3.24. The highest BCUT2D eigenvalue weighted by molar-refractivity contribution is 7.89. The molecule has 1 aromatic carbocycles. The molecule has 0 bridgehead atoms. The van der Waals surface area contributed by atoms with Crippen LogP contribution in [-0.2, 0) is 21.4 Å². The van der Waals surface area contributed by atoms with E-state index >= 15 is 0 Å². The van der Waals surface area contributed by atoms with Gasteiger partial charge in [-0.1, -0.05) is 19.1 Å². The van der Waals surface area contributed by atoms with E-state index in [0.29, 0.717) is 38.2 Å².